The number of aryl methyl sites for hydroxylation is 1. The zero-order valence-electron chi connectivity index (χ0n) is 10.8. The largest absolute Gasteiger partial charge is 0.446 e. The molecule has 1 heterocycles. The third-order valence-corrected chi connectivity index (χ3v) is 3.31. The fourth-order valence-electron chi connectivity index (χ4n) is 2.42. The number of amides is 1. The number of nitrogens with two attached hydrogens (primary N) is 1. The third-order valence-electron chi connectivity index (χ3n) is 3.31. The van der Waals surface area contributed by atoms with Gasteiger partial charge >= 0.3 is 6.09 Å². The highest BCUT2D eigenvalue weighted by atomic mass is 16.6. The molecule has 0 aromatic heterocycles. The van der Waals surface area contributed by atoms with Gasteiger partial charge in [0.25, 0.3) is 0 Å². The molecule has 98 valence electrons. The molecule has 1 amide bonds. The van der Waals surface area contributed by atoms with Crippen molar-refractivity contribution in [2.24, 2.45) is 5.73 Å². The number of carbonyl (C=O) groups is 1. The standard InChI is InChI=1S/C14H20N2O2/c1-11-3-2-4-12(9-11)10-16-7-5-13(6-8-16)18-14(15)17/h2-4,9,13H,5-8,10H2,1H3,(H2,15,17). The Morgan fingerprint density at radius 3 is 2.78 bits per heavy atom. The van der Waals surface area contributed by atoms with E-state index in [1.165, 1.54) is 11.1 Å². The first-order valence-corrected chi connectivity index (χ1v) is 6.37. The molecule has 2 N–H and O–H groups in total. The molecule has 0 aliphatic carbocycles. The lowest BCUT2D eigenvalue weighted by Gasteiger charge is -2.31. The predicted molar refractivity (Wildman–Crippen MR) is 70.1 cm³/mol. The lowest BCUT2D eigenvalue weighted by molar-refractivity contribution is 0.0541. The van der Waals surface area contributed by atoms with Crippen LogP contribution >= 0.6 is 0 Å². The average molecular weight is 248 g/mol. The van der Waals surface area contributed by atoms with Crippen molar-refractivity contribution >= 4 is 6.09 Å². The van der Waals surface area contributed by atoms with E-state index in [9.17, 15) is 4.79 Å². The third kappa shape index (κ3) is 3.74. The Hall–Kier alpha value is -1.55. The monoisotopic (exact) mass is 248 g/mol. The maximum absolute atomic E-state index is 10.7. The van der Waals surface area contributed by atoms with E-state index in [2.05, 4.69) is 36.1 Å². The first-order chi connectivity index (χ1) is 8.63. The second kappa shape index (κ2) is 5.87. The van der Waals surface area contributed by atoms with E-state index in [0.29, 0.717) is 0 Å². The molecule has 0 saturated carbocycles. The molecule has 4 nitrogen and oxygen atoms in total. The number of hydrogen-bond acceptors (Lipinski definition) is 3. The number of likely N-dealkylation sites (tertiary alicyclic amines) is 1. The quantitative estimate of drug-likeness (QED) is 0.890. The summed E-state index contributed by atoms with van der Waals surface area (Å²) in [5, 5.41) is 0. The Kier molecular flexibility index (Phi) is 4.20. The van der Waals surface area contributed by atoms with E-state index in [1.807, 2.05) is 0 Å². The van der Waals surface area contributed by atoms with E-state index in [0.717, 1.165) is 32.5 Å². The van der Waals surface area contributed by atoms with Crippen LogP contribution in [0.2, 0.25) is 0 Å². The van der Waals surface area contributed by atoms with Crippen LogP contribution in [0.5, 0.6) is 0 Å². The molecule has 0 atom stereocenters. The molecule has 0 spiro atoms. The number of primary amides is 1. The molecule has 0 bridgehead atoms. The Balaban J connectivity index is 1.81. The van der Waals surface area contributed by atoms with E-state index in [-0.39, 0.29) is 6.10 Å². The minimum Gasteiger partial charge on any atom is -0.446 e. The van der Waals surface area contributed by atoms with Gasteiger partial charge in [-0.1, -0.05) is 29.8 Å². The van der Waals surface area contributed by atoms with Crippen LogP contribution in [-0.2, 0) is 11.3 Å². The van der Waals surface area contributed by atoms with Crippen LogP contribution in [0.1, 0.15) is 24.0 Å². The van der Waals surface area contributed by atoms with E-state index < -0.39 is 6.09 Å². The summed E-state index contributed by atoms with van der Waals surface area (Å²) in [5.41, 5.74) is 7.65. The van der Waals surface area contributed by atoms with Crippen LogP contribution in [0.4, 0.5) is 4.79 Å². The van der Waals surface area contributed by atoms with Crippen molar-refractivity contribution in [3.05, 3.63) is 35.4 Å². The van der Waals surface area contributed by atoms with Crippen LogP contribution in [0.3, 0.4) is 0 Å². The normalized spacial score (nSPS) is 17.6. The highest BCUT2D eigenvalue weighted by molar-refractivity contribution is 5.64. The van der Waals surface area contributed by atoms with Crippen LogP contribution in [0.15, 0.2) is 24.3 Å². The van der Waals surface area contributed by atoms with E-state index >= 15 is 0 Å². The lowest BCUT2D eigenvalue weighted by atomic mass is 10.1. The lowest BCUT2D eigenvalue weighted by Crippen LogP contribution is -2.38. The Bertz CT molecular complexity index is 412. The molecule has 1 aliphatic rings. The van der Waals surface area contributed by atoms with Gasteiger partial charge in [-0.15, -0.1) is 0 Å². The molecule has 18 heavy (non-hydrogen) atoms. The number of ether oxygens (including phenoxy) is 1. The van der Waals surface area contributed by atoms with Gasteiger partial charge in [0.1, 0.15) is 6.10 Å². The number of piperidine rings is 1. The van der Waals surface area contributed by atoms with Gasteiger partial charge in [0, 0.05) is 19.6 Å². The fourth-order valence-corrected chi connectivity index (χ4v) is 2.42. The number of benzene rings is 1. The summed E-state index contributed by atoms with van der Waals surface area (Å²) in [6, 6.07) is 8.56. The van der Waals surface area contributed by atoms with Gasteiger partial charge in [-0.05, 0) is 25.3 Å². The zero-order chi connectivity index (χ0) is 13.0. The summed E-state index contributed by atoms with van der Waals surface area (Å²) < 4.78 is 5.02. The topological polar surface area (TPSA) is 55.6 Å². The second-order valence-electron chi connectivity index (χ2n) is 4.90. The summed E-state index contributed by atoms with van der Waals surface area (Å²) in [6.07, 6.45) is 1.08. The Labute approximate surface area is 108 Å². The SMILES string of the molecule is Cc1cccc(CN2CCC(OC(N)=O)CC2)c1. The van der Waals surface area contributed by atoms with Crippen molar-refractivity contribution < 1.29 is 9.53 Å². The van der Waals surface area contributed by atoms with Gasteiger partial charge in [0.05, 0.1) is 0 Å². The molecular weight excluding hydrogens is 228 g/mol. The van der Waals surface area contributed by atoms with Gasteiger partial charge in [-0.3, -0.25) is 4.90 Å². The van der Waals surface area contributed by atoms with E-state index in [1.54, 1.807) is 0 Å². The van der Waals surface area contributed by atoms with Crippen LogP contribution in [-0.4, -0.2) is 30.2 Å². The first kappa shape index (κ1) is 12.9. The highest BCUT2D eigenvalue weighted by Gasteiger charge is 2.21. The molecule has 1 fully saturated rings. The molecular formula is C14H20N2O2. The number of rotatable bonds is 3. The van der Waals surface area contributed by atoms with Crippen molar-refractivity contribution in [1.82, 2.24) is 4.90 Å². The van der Waals surface area contributed by atoms with Crippen LogP contribution in [0.25, 0.3) is 0 Å². The highest BCUT2D eigenvalue weighted by Crippen LogP contribution is 2.16. The first-order valence-electron chi connectivity index (χ1n) is 6.37. The summed E-state index contributed by atoms with van der Waals surface area (Å²) in [6.45, 7) is 4.97. The van der Waals surface area contributed by atoms with Crippen molar-refractivity contribution in [2.45, 2.75) is 32.4 Å². The minimum absolute atomic E-state index is 0.00346. The summed E-state index contributed by atoms with van der Waals surface area (Å²) in [7, 11) is 0. The van der Waals surface area contributed by atoms with Crippen molar-refractivity contribution in [1.29, 1.82) is 0 Å². The summed E-state index contributed by atoms with van der Waals surface area (Å²) in [5.74, 6) is 0. The fraction of sp³-hybridized carbons (Fsp3) is 0.500. The van der Waals surface area contributed by atoms with Gasteiger partial charge in [-0.25, -0.2) is 4.79 Å². The molecule has 0 unspecified atom stereocenters. The van der Waals surface area contributed by atoms with Crippen molar-refractivity contribution in [3.63, 3.8) is 0 Å². The molecule has 2 rings (SSSR count). The second-order valence-corrected chi connectivity index (χ2v) is 4.90. The summed E-state index contributed by atoms with van der Waals surface area (Å²) in [4.78, 5) is 13.0. The molecule has 0 radical (unpaired) electrons. The molecule has 1 saturated heterocycles. The number of nitrogens with zero attached hydrogens (tertiary/aromatic N) is 1. The average Bonchev–Trinajstić information content (AvgIpc) is 2.31. The minimum atomic E-state index is -0.660. The van der Waals surface area contributed by atoms with E-state index in [4.69, 9.17) is 10.5 Å². The molecule has 4 heteroatoms. The van der Waals surface area contributed by atoms with Crippen LogP contribution in [0, 0.1) is 6.92 Å². The molecule has 1 aromatic carbocycles. The van der Waals surface area contributed by atoms with Gasteiger partial charge in [0.2, 0.25) is 0 Å². The molecule has 1 aliphatic heterocycles. The van der Waals surface area contributed by atoms with Gasteiger partial charge < -0.3 is 10.5 Å². The van der Waals surface area contributed by atoms with Crippen molar-refractivity contribution in [2.75, 3.05) is 13.1 Å². The number of hydrogen-bond donors (Lipinski definition) is 1. The zero-order valence-corrected chi connectivity index (χ0v) is 10.8. The Morgan fingerprint density at radius 2 is 2.17 bits per heavy atom. The van der Waals surface area contributed by atoms with Gasteiger partial charge in [-0.2, -0.15) is 0 Å². The van der Waals surface area contributed by atoms with Crippen LogP contribution < -0.4 is 5.73 Å². The number of carbonyl (C=O) groups excluding carboxylic acids is 1. The van der Waals surface area contributed by atoms with Crippen molar-refractivity contribution in [3.8, 4) is 0 Å². The Morgan fingerprint density at radius 1 is 1.44 bits per heavy atom. The molecule has 1 aromatic rings. The maximum Gasteiger partial charge on any atom is 0.404 e. The predicted octanol–water partition coefficient (Wildman–Crippen LogP) is 2.05. The maximum atomic E-state index is 10.7. The van der Waals surface area contributed by atoms with Gasteiger partial charge in [0.15, 0.2) is 0 Å². The smallest absolute Gasteiger partial charge is 0.404 e. The summed E-state index contributed by atoms with van der Waals surface area (Å²) >= 11 is 0.